The Morgan fingerprint density at radius 1 is 1.04 bits per heavy atom. The van der Waals surface area contributed by atoms with E-state index in [2.05, 4.69) is 5.32 Å². The zero-order valence-corrected chi connectivity index (χ0v) is 15.7. The van der Waals surface area contributed by atoms with Crippen LogP contribution in [0.1, 0.15) is 43.3 Å². The number of fused-ring (bicyclic) bond motifs is 1. The van der Waals surface area contributed by atoms with E-state index in [4.69, 9.17) is 0 Å². The summed E-state index contributed by atoms with van der Waals surface area (Å²) in [5.41, 5.74) is 2.77. The summed E-state index contributed by atoms with van der Waals surface area (Å²) in [6.45, 7) is 0.412. The fraction of sp³-hybridized carbons (Fsp3) is 0.409. The highest BCUT2D eigenvalue weighted by Gasteiger charge is 2.30. The summed E-state index contributed by atoms with van der Waals surface area (Å²) in [7, 11) is 1.82. The fourth-order valence-electron chi connectivity index (χ4n) is 4.49. The van der Waals surface area contributed by atoms with Crippen molar-refractivity contribution in [3.63, 3.8) is 0 Å². The Morgan fingerprint density at radius 3 is 2.33 bits per heavy atom. The lowest BCUT2D eigenvalue weighted by Gasteiger charge is -2.25. The number of para-hydroxylation sites is 2. The first-order valence-corrected chi connectivity index (χ1v) is 9.81. The van der Waals surface area contributed by atoms with Gasteiger partial charge in [-0.05, 0) is 37.6 Å². The van der Waals surface area contributed by atoms with E-state index >= 15 is 0 Å². The van der Waals surface area contributed by atoms with Crippen molar-refractivity contribution in [3.05, 3.63) is 70.6 Å². The molecule has 0 saturated heterocycles. The van der Waals surface area contributed by atoms with Gasteiger partial charge in [0.05, 0.1) is 23.2 Å². The fourth-order valence-corrected chi connectivity index (χ4v) is 4.49. The molecule has 1 saturated carbocycles. The molecule has 5 heteroatoms. The van der Waals surface area contributed by atoms with Crippen molar-refractivity contribution >= 4 is 11.0 Å². The molecule has 1 aromatic heterocycles. The van der Waals surface area contributed by atoms with Gasteiger partial charge < -0.3 is 10.4 Å². The molecule has 1 aliphatic carbocycles. The van der Waals surface area contributed by atoms with Gasteiger partial charge in [0.1, 0.15) is 0 Å². The highest BCUT2D eigenvalue weighted by molar-refractivity contribution is 5.76. The number of benzene rings is 2. The van der Waals surface area contributed by atoms with Crippen LogP contribution in [0.15, 0.2) is 59.4 Å². The number of aliphatic hydroxyl groups is 1. The SMILES string of the molecule is CNC[C@H](O)[C@H](c1ccccc1)n1c(=O)n(C2CCCC2)c2ccccc21. The lowest BCUT2D eigenvalue weighted by Crippen LogP contribution is -2.39. The zero-order chi connectivity index (χ0) is 18.8. The van der Waals surface area contributed by atoms with E-state index in [0.717, 1.165) is 29.4 Å². The number of nitrogens with one attached hydrogen (secondary N) is 1. The quantitative estimate of drug-likeness (QED) is 0.706. The smallest absolute Gasteiger partial charge is 0.330 e. The Morgan fingerprint density at radius 2 is 1.67 bits per heavy atom. The average molecular weight is 365 g/mol. The van der Waals surface area contributed by atoms with E-state index in [-0.39, 0.29) is 11.7 Å². The van der Waals surface area contributed by atoms with Crippen LogP contribution in [0.25, 0.3) is 11.0 Å². The molecule has 0 radical (unpaired) electrons. The second-order valence-corrected chi connectivity index (χ2v) is 7.43. The molecular weight excluding hydrogens is 338 g/mol. The summed E-state index contributed by atoms with van der Waals surface area (Å²) >= 11 is 0. The van der Waals surface area contributed by atoms with Gasteiger partial charge in [0.2, 0.25) is 0 Å². The van der Waals surface area contributed by atoms with E-state index in [1.54, 1.807) is 4.57 Å². The predicted octanol–water partition coefficient (Wildman–Crippen LogP) is 3.09. The van der Waals surface area contributed by atoms with Gasteiger partial charge in [0.15, 0.2) is 0 Å². The highest BCUT2D eigenvalue weighted by Crippen LogP contribution is 2.33. The van der Waals surface area contributed by atoms with Crippen molar-refractivity contribution in [2.75, 3.05) is 13.6 Å². The second kappa shape index (κ2) is 7.71. The van der Waals surface area contributed by atoms with Crippen LogP contribution in [0.5, 0.6) is 0 Å². The number of likely N-dealkylation sites (N-methyl/N-ethyl adjacent to an activating group) is 1. The van der Waals surface area contributed by atoms with Crippen molar-refractivity contribution in [2.45, 2.75) is 43.9 Å². The summed E-state index contributed by atoms with van der Waals surface area (Å²) < 4.78 is 3.76. The summed E-state index contributed by atoms with van der Waals surface area (Å²) in [4.78, 5) is 13.6. The van der Waals surface area contributed by atoms with E-state index in [1.165, 1.54) is 12.8 Å². The Bertz CT molecular complexity index is 955. The largest absolute Gasteiger partial charge is 0.389 e. The number of aliphatic hydroxyl groups excluding tert-OH is 1. The van der Waals surface area contributed by atoms with Gasteiger partial charge in [0, 0.05) is 12.6 Å². The maximum atomic E-state index is 13.6. The van der Waals surface area contributed by atoms with Gasteiger partial charge in [0.25, 0.3) is 0 Å². The van der Waals surface area contributed by atoms with Crippen molar-refractivity contribution in [3.8, 4) is 0 Å². The summed E-state index contributed by atoms with van der Waals surface area (Å²) in [6, 6.07) is 17.6. The van der Waals surface area contributed by atoms with Crippen LogP contribution in [0, 0.1) is 0 Å². The maximum Gasteiger partial charge on any atom is 0.330 e. The minimum absolute atomic E-state index is 0.0212. The first-order chi connectivity index (χ1) is 13.2. The topological polar surface area (TPSA) is 59.2 Å². The van der Waals surface area contributed by atoms with Crippen LogP contribution >= 0.6 is 0 Å². The van der Waals surface area contributed by atoms with Gasteiger partial charge in [-0.1, -0.05) is 55.3 Å². The molecule has 3 aromatic rings. The number of hydrogen-bond donors (Lipinski definition) is 2. The molecule has 0 unspecified atom stereocenters. The van der Waals surface area contributed by atoms with Gasteiger partial charge in [-0.2, -0.15) is 0 Å². The van der Waals surface area contributed by atoms with Crippen molar-refractivity contribution in [1.82, 2.24) is 14.5 Å². The Labute approximate surface area is 159 Å². The molecule has 0 bridgehead atoms. The van der Waals surface area contributed by atoms with Crippen LogP contribution in [0.3, 0.4) is 0 Å². The minimum atomic E-state index is -0.710. The van der Waals surface area contributed by atoms with Crippen molar-refractivity contribution < 1.29 is 5.11 Å². The third-order valence-electron chi connectivity index (χ3n) is 5.70. The standard InChI is InChI=1S/C22H27N3O2/c1-23-15-20(26)21(16-9-3-2-4-10-16)25-19-14-8-7-13-18(19)24(22(25)27)17-11-5-6-12-17/h2-4,7-10,13-14,17,20-21,23,26H,5-6,11-12,15H2,1H3/t20-,21-/m0/s1. The number of rotatable bonds is 6. The van der Waals surface area contributed by atoms with Gasteiger partial charge in [-0.15, -0.1) is 0 Å². The van der Waals surface area contributed by atoms with Crippen molar-refractivity contribution in [2.24, 2.45) is 0 Å². The minimum Gasteiger partial charge on any atom is -0.389 e. The lowest BCUT2D eigenvalue weighted by molar-refractivity contribution is 0.130. The number of hydrogen-bond acceptors (Lipinski definition) is 3. The molecule has 4 rings (SSSR count). The molecule has 0 aliphatic heterocycles. The van der Waals surface area contributed by atoms with Crippen LogP contribution in [0.2, 0.25) is 0 Å². The first kappa shape index (κ1) is 18.0. The summed E-state index contributed by atoms with van der Waals surface area (Å²) in [5.74, 6) is 0. The summed E-state index contributed by atoms with van der Waals surface area (Å²) in [5, 5.41) is 14.0. The van der Waals surface area contributed by atoms with Gasteiger partial charge >= 0.3 is 5.69 Å². The third kappa shape index (κ3) is 3.22. The molecule has 27 heavy (non-hydrogen) atoms. The van der Waals surface area contributed by atoms with E-state index in [9.17, 15) is 9.90 Å². The molecule has 5 nitrogen and oxygen atoms in total. The molecule has 1 heterocycles. The number of aromatic nitrogens is 2. The molecule has 2 aromatic carbocycles. The van der Waals surface area contributed by atoms with Crippen LogP contribution in [-0.4, -0.2) is 33.9 Å². The molecule has 2 N–H and O–H groups in total. The molecule has 1 fully saturated rings. The van der Waals surface area contributed by atoms with Crippen LogP contribution < -0.4 is 11.0 Å². The van der Waals surface area contributed by atoms with E-state index in [0.29, 0.717) is 6.54 Å². The number of imidazole rings is 1. The van der Waals surface area contributed by atoms with Gasteiger partial charge in [-0.3, -0.25) is 9.13 Å². The number of nitrogens with zero attached hydrogens (tertiary/aromatic N) is 2. The Hall–Kier alpha value is -2.37. The predicted molar refractivity (Wildman–Crippen MR) is 108 cm³/mol. The second-order valence-electron chi connectivity index (χ2n) is 7.43. The summed E-state index contributed by atoms with van der Waals surface area (Å²) in [6.07, 6.45) is 3.71. The first-order valence-electron chi connectivity index (χ1n) is 9.81. The van der Waals surface area contributed by atoms with Crippen LogP contribution in [-0.2, 0) is 0 Å². The Balaban J connectivity index is 1.95. The molecular formula is C22H27N3O2. The maximum absolute atomic E-state index is 13.6. The van der Waals surface area contributed by atoms with Gasteiger partial charge in [-0.25, -0.2) is 4.79 Å². The Kier molecular flexibility index (Phi) is 5.14. The zero-order valence-electron chi connectivity index (χ0n) is 15.7. The molecule has 2 atom stereocenters. The third-order valence-corrected chi connectivity index (χ3v) is 5.70. The highest BCUT2D eigenvalue weighted by atomic mass is 16.3. The normalized spacial score (nSPS) is 17.4. The van der Waals surface area contributed by atoms with E-state index < -0.39 is 12.1 Å². The van der Waals surface area contributed by atoms with Crippen molar-refractivity contribution in [1.29, 1.82) is 0 Å². The monoisotopic (exact) mass is 365 g/mol. The molecule has 1 aliphatic rings. The van der Waals surface area contributed by atoms with E-state index in [1.807, 2.05) is 66.2 Å². The lowest BCUT2D eigenvalue weighted by atomic mass is 10.0. The molecule has 142 valence electrons. The molecule has 0 amide bonds. The van der Waals surface area contributed by atoms with Crippen LogP contribution in [0.4, 0.5) is 0 Å². The molecule has 0 spiro atoms. The average Bonchev–Trinajstić information content (AvgIpc) is 3.30.